The molecule has 3 heteroatoms. The van der Waals surface area contributed by atoms with Crippen LogP contribution in [-0.2, 0) is 4.74 Å². The minimum Gasteiger partial charge on any atom is -0.378 e. The van der Waals surface area contributed by atoms with Gasteiger partial charge in [0.05, 0.1) is 12.7 Å². The quantitative estimate of drug-likeness (QED) is 0.848. The summed E-state index contributed by atoms with van der Waals surface area (Å²) in [5.41, 5.74) is 0.298. The minimum absolute atomic E-state index is 0.298. The lowest BCUT2D eigenvalue weighted by Crippen LogP contribution is -2.42. The number of piperidine rings is 2. The van der Waals surface area contributed by atoms with E-state index < -0.39 is 0 Å². The fourth-order valence-corrected chi connectivity index (χ4v) is 3.06. The molecule has 0 unspecified atom stereocenters. The largest absolute Gasteiger partial charge is 0.378 e. The second-order valence-electron chi connectivity index (χ2n) is 7.57. The second-order valence-corrected chi connectivity index (χ2v) is 7.57. The lowest BCUT2D eigenvalue weighted by molar-refractivity contribution is -0.0261. The molecule has 0 saturated carbocycles. The van der Waals surface area contributed by atoms with Crippen LogP contribution in [0.2, 0.25) is 0 Å². The smallest absolute Gasteiger partial charge is 0.0599 e. The molecule has 0 radical (unpaired) electrons. The van der Waals surface area contributed by atoms with Crippen molar-refractivity contribution in [3.05, 3.63) is 0 Å². The third-order valence-corrected chi connectivity index (χ3v) is 4.26. The van der Waals surface area contributed by atoms with Crippen LogP contribution in [0.1, 0.15) is 46.5 Å². The molecule has 0 aromatic heterocycles. The van der Waals surface area contributed by atoms with Crippen LogP contribution in [-0.4, -0.2) is 50.3 Å². The van der Waals surface area contributed by atoms with Crippen LogP contribution in [0.3, 0.4) is 0 Å². The number of ether oxygens (including phenoxy) is 1. The molecule has 2 heterocycles. The van der Waals surface area contributed by atoms with E-state index in [9.17, 15) is 0 Å². The molecule has 0 bridgehead atoms. The van der Waals surface area contributed by atoms with Gasteiger partial charge >= 0.3 is 0 Å². The van der Waals surface area contributed by atoms with Crippen LogP contribution in [0.5, 0.6) is 0 Å². The molecule has 0 amide bonds. The molecule has 3 nitrogen and oxygen atoms in total. The number of rotatable bonds is 4. The van der Waals surface area contributed by atoms with Crippen LogP contribution >= 0.6 is 0 Å². The number of nitrogens with one attached hydrogen (secondary N) is 1. The molecular formula is C16H32N2O. The van der Waals surface area contributed by atoms with Crippen molar-refractivity contribution in [3.8, 4) is 0 Å². The molecule has 0 atom stereocenters. The van der Waals surface area contributed by atoms with Crippen LogP contribution in [0.25, 0.3) is 0 Å². The van der Waals surface area contributed by atoms with Gasteiger partial charge in [0, 0.05) is 19.6 Å². The van der Waals surface area contributed by atoms with Gasteiger partial charge in [0.15, 0.2) is 0 Å². The van der Waals surface area contributed by atoms with Gasteiger partial charge in [-0.1, -0.05) is 20.8 Å². The third kappa shape index (κ3) is 5.80. The van der Waals surface area contributed by atoms with E-state index in [4.69, 9.17) is 4.74 Å². The first kappa shape index (κ1) is 15.3. The highest BCUT2D eigenvalue weighted by Crippen LogP contribution is 2.21. The Kier molecular flexibility index (Phi) is 5.67. The molecule has 2 aliphatic heterocycles. The van der Waals surface area contributed by atoms with Gasteiger partial charge in [-0.25, -0.2) is 0 Å². The third-order valence-electron chi connectivity index (χ3n) is 4.26. The zero-order valence-corrected chi connectivity index (χ0v) is 13.1. The Bertz CT molecular complexity index is 248. The zero-order chi connectivity index (χ0) is 13.7. The highest BCUT2D eigenvalue weighted by Gasteiger charge is 2.24. The summed E-state index contributed by atoms with van der Waals surface area (Å²) in [6, 6.07) is 0. The Balaban J connectivity index is 1.62. The number of hydrogen-bond acceptors (Lipinski definition) is 3. The Morgan fingerprint density at radius 2 is 1.68 bits per heavy atom. The van der Waals surface area contributed by atoms with Crippen LogP contribution < -0.4 is 5.32 Å². The van der Waals surface area contributed by atoms with Crippen molar-refractivity contribution in [2.24, 2.45) is 11.3 Å². The van der Waals surface area contributed by atoms with Gasteiger partial charge in [-0.15, -0.1) is 0 Å². The highest BCUT2D eigenvalue weighted by atomic mass is 16.5. The molecule has 0 aromatic carbocycles. The van der Waals surface area contributed by atoms with Crippen molar-refractivity contribution in [3.63, 3.8) is 0 Å². The lowest BCUT2D eigenvalue weighted by Gasteiger charge is -2.36. The van der Waals surface area contributed by atoms with E-state index in [-0.39, 0.29) is 0 Å². The average Bonchev–Trinajstić information content (AvgIpc) is 2.38. The summed E-state index contributed by atoms with van der Waals surface area (Å²) in [5, 5.41) is 3.45. The Labute approximate surface area is 119 Å². The van der Waals surface area contributed by atoms with Crippen molar-refractivity contribution >= 4 is 0 Å². The summed E-state index contributed by atoms with van der Waals surface area (Å²) in [7, 11) is 0. The summed E-state index contributed by atoms with van der Waals surface area (Å²) in [6.45, 7) is 13.9. The SMILES string of the molecule is CC(C)(C)COC1CCN(CC2CCNCC2)CC1. The predicted octanol–water partition coefficient (Wildman–Crippen LogP) is 2.51. The standard InChI is InChI=1S/C16H32N2O/c1-16(2,3)13-19-15-6-10-18(11-7-15)12-14-4-8-17-9-5-14/h14-15,17H,4-13H2,1-3H3. The van der Waals surface area contributed by atoms with Crippen molar-refractivity contribution in [2.45, 2.75) is 52.6 Å². The van der Waals surface area contributed by atoms with Crippen molar-refractivity contribution < 1.29 is 4.74 Å². The second kappa shape index (κ2) is 7.05. The van der Waals surface area contributed by atoms with Gasteiger partial charge in [-0.05, 0) is 50.1 Å². The van der Waals surface area contributed by atoms with E-state index in [1.54, 1.807) is 0 Å². The fourth-order valence-electron chi connectivity index (χ4n) is 3.06. The van der Waals surface area contributed by atoms with Gasteiger partial charge in [0.1, 0.15) is 0 Å². The van der Waals surface area contributed by atoms with E-state index in [0.29, 0.717) is 11.5 Å². The summed E-state index contributed by atoms with van der Waals surface area (Å²) in [6.07, 6.45) is 5.67. The fraction of sp³-hybridized carbons (Fsp3) is 1.00. The summed E-state index contributed by atoms with van der Waals surface area (Å²) in [5.74, 6) is 0.924. The lowest BCUT2D eigenvalue weighted by atomic mass is 9.96. The van der Waals surface area contributed by atoms with E-state index in [2.05, 4.69) is 31.0 Å². The molecule has 2 fully saturated rings. The maximum absolute atomic E-state index is 6.05. The number of likely N-dealkylation sites (tertiary alicyclic amines) is 1. The van der Waals surface area contributed by atoms with Crippen molar-refractivity contribution in [1.29, 1.82) is 0 Å². The maximum atomic E-state index is 6.05. The molecule has 2 rings (SSSR count). The molecule has 19 heavy (non-hydrogen) atoms. The van der Waals surface area contributed by atoms with E-state index >= 15 is 0 Å². The Morgan fingerprint density at radius 1 is 1.05 bits per heavy atom. The van der Waals surface area contributed by atoms with Gasteiger partial charge in [0.25, 0.3) is 0 Å². The van der Waals surface area contributed by atoms with Crippen molar-refractivity contribution in [1.82, 2.24) is 10.2 Å². The average molecular weight is 268 g/mol. The molecule has 0 spiro atoms. The highest BCUT2D eigenvalue weighted by molar-refractivity contribution is 4.78. The van der Waals surface area contributed by atoms with Gasteiger partial charge in [-0.2, -0.15) is 0 Å². The predicted molar refractivity (Wildman–Crippen MR) is 80.5 cm³/mol. The molecule has 112 valence electrons. The van der Waals surface area contributed by atoms with E-state index in [1.165, 1.54) is 58.4 Å². The van der Waals surface area contributed by atoms with Crippen LogP contribution in [0.4, 0.5) is 0 Å². The summed E-state index contributed by atoms with van der Waals surface area (Å²) in [4.78, 5) is 2.66. The van der Waals surface area contributed by atoms with Gasteiger partial charge < -0.3 is 15.0 Å². The minimum atomic E-state index is 0.298. The maximum Gasteiger partial charge on any atom is 0.0599 e. The summed E-state index contributed by atoms with van der Waals surface area (Å²) >= 11 is 0. The van der Waals surface area contributed by atoms with Gasteiger partial charge in [0.2, 0.25) is 0 Å². The van der Waals surface area contributed by atoms with Crippen molar-refractivity contribution in [2.75, 3.05) is 39.3 Å². The molecular weight excluding hydrogens is 236 g/mol. The topological polar surface area (TPSA) is 24.5 Å². The van der Waals surface area contributed by atoms with E-state index in [0.717, 1.165) is 12.5 Å². The van der Waals surface area contributed by atoms with Crippen LogP contribution in [0.15, 0.2) is 0 Å². The monoisotopic (exact) mass is 268 g/mol. The number of hydrogen-bond donors (Lipinski definition) is 1. The first-order valence-corrected chi connectivity index (χ1v) is 8.07. The normalized spacial score (nSPS) is 24.8. The number of nitrogens with zero attached hydrogens (tertiary/aromatic N) is 1. The van der Waals surface area contributed by atoms with Crippen LogP contribution in [0, 0.1) is 11.3 Å². The molecule has 0 aromatic rings. The van der Waals surface area contributed by atoms with Gasteiger partial charge in [-0.3, -0.25) is 0 Å². The Hall–Kier alpha value is -0.120. The zero-order valence-electron chi connectivity index (χ0n) is 13.1. The molecule has 2 aliphatic rings. The molecule has 2 saturated heterocycles. The van der Waals surface area contributed by atoms with E-state index in [1.807, 2.05) is 0 Å². The molecule has 1 N–H and O–H groups in total. The first-order chi connectivity index (χ1) is 9.03. The molecule has 0 aliphatic carbocycles. The summed E-state index contributed by atoms with van der Waals surface area (Å²) < 4.78 is 6.05. The first-order valence-electron chi connectivity index (χ1n) is 8.07. The Morgan fingerprint density at radius 3 is 2.26 bits per heavy atom.